The third kappa shape index (κ3) is 2.76. The monoisotopic (exact) mass is 269 g/mol. The first-order valence-corrected chi connectivity index (χ1v) is 5.87. The molecule has 1 N–H and O–H groups in total. The fourth-order valence-corrected chi connectivity index (χ4v) is 1.66. The van der Waals surface area contributed by atoms with Crippen molar-refractivity contribution in [3.8, 4) is 0 Å². The number of nitro groups is 1. The van der Waals surface area contributed by atoms with E-state index >= 15 is 0 Å². The molecule has 1 fully saturated rings. The number of hydrogen-bond acceptors (Lipinski definition) is 4. The Morgan fingerprint density at radius 1 is 1.67 bits per heavy atom. The number of pyridine rings is 1. The van der Waals surface area contributed by atoms with E-state index in [1.807, 2.05) is 0 Å². The lowest BCUT2D eigenvalue weighted by Gasteiger charge is -2.10. The highest BCUT2D eigenvalue weighted by atomic mass is 35.5. The van der Waals surface area contributed by atoms with Crippen LogP contribution in [-0.2, 0) is 0 Å². The lowest BCUT2D eigenvalue weighted by atomic mass is 10.1. The van der Waals surface area contributed by atoms with Gasteiger partial charge in [0.1, 0.15) is 11.3 Å². The van der Waals surface area contributed by atoms with Gasteiger partial charge in [0.05, 0.1) is 10.5 Å². The summed E-state index contributed by atoms with van der Waals surface area (Å²) >= 11 is 5.77. The molecule has 1 heterocycles. The average Bonchev–Trinajstić information content (AvgIpc) is 3.05. The molecular formula is C11H12ClN3O3. The molecule has 7 heteroatoms. The smallest absolute Gasteiger partial charge is 0.288 e. The van der Waals surface area contributed by atoms with Gasteiger partial charge in [-0.15, -0.1) is 0 Å². The van der Waals surface area contributed by atoms with E-state index in [-0.39, 0.29) is 21.8 Å². The van der Waals surface area contributed by atoms with Crippen LogP contribution in [0.5, 0.6) is 0 Å². The lowest BCUT2D eigenvalue weighted by Crippen LogP contribution is -2.29. The zero-order chi connectivity index (χ0) is 13.3. The third-order valence-corrected chi connectivity index (χ3v) is 3.36. The van der Waals surface area contributed by atoms with Gasteiger partial charge < -0.3 is 5.32 Å². The molecule has 0 aromatic carbocycles. The third-order valence-electron chi connectivity index (χ3n) is 3.06. The quantitative estimate of drug-likeness (QED) is 0.516. The maximum absolute atomic E-state index is 11.9. The molecule has 2 rings (SSSR count). The van der Waals surface area contributed by atoms with Gasteiger partial charge in [0.2, 0.25) is 0 Å². The van der Waals surface area contributed by atoms with E-state index in [9.17, 15) is 14.9 Å². The minimum atomic E-state index is -0.609. The summed E-state index contributed by atoms with van der Waals surface area (Å²) < 4.78 is 0. The van der Waals surface area contributed by atoms with Crippen LogP contribution in [0.2, 0.25) is 5.15 Å². The van der Waals surface area contributed by atoms with E-state index in [0.29, 0.717) is 6.54 Å². The zero-order valence-corrected chi connectivity index (χ0v) is 10.5. The summed E-state index contributed by atoms with van der Waals surface area (Å²) in [6, 6.07) is 1.14. The minimum Gasteiger partial charge on any atom is -0.351 e. The van der Waals surface area contributed by atoms with Crippen molar-refractivity contribution in [1.29, 1.82) is 0 Å². The van der Waals surface area contributed by atoms with E-state index in [4.69, 9.17) is 11.6 Å². The number of nitrogens with one attached hydrogen (secondary N) is 1. The second kappa shape index (κ2) is 4.53. The lowest BCUT2D eigenvalue weighted by molar-refractivity contribution is -0.385. The Morgan fingerprint density at radius 2 is 2.33 bits per heavy atom. The van der Waals surface area contributed by atoms with Crippen molar-refractivity contribution in [2.24, 2.45) is 5.41 Å². The highest BCUT2D eigenvalue weighted by Gasteiger charge is 2.37. The normalized spacial score (nSPS) is 16.1. The predicted octanol–water partition coefficient (Wildman–Crippen LogP) is 2.17. The SMILES string of the molecule is CC1(CNC(=O)c2cc([N+](=O)[O-])cnc2Cl)CC1. The minimum absolute atomic E-state index is 0.0287. The van der Waals surface area contributed by atoms with Crippen LogP contribution in [0.3, 0.4) is 0 Å². The number of aromatic nitrogens is 1. The number of amides is 1. The van der Waals surface area contributed by atoms with Crippen LogP contribution in [0.25, 0.3) is 0 Å². The number of carbonyl (C=O) groups is 1. The summed E-state index contributed by atoms with van der Waals surface area (Å²) in [6.45, 7) is 2.62. The van der Waals surface area contributed by atoms with Crippen molar-refractivity contribution >= 4 is 23.2 Å². The Balaban J connectivity index is 2.13. The summed E-state index contributed by atoms with van der Waals surface area (Å²) in [6.07, 6.45) is 3.18. The number of rotatable bonds is 4. The standard InChI is InChI=1S/C11H12ClN3O3/c1-11(2-3-11)6-14-10(16)8-4-7(15(17)18)5-13-9(8)12/h4-5H,2-3,6H2,1H3,(H,14,16). The van der Waals surface area contributed by atoms with Crippen LogP contribution in [0.4, 0.5) is 5.69 Å². The maximum atomic E-state index is 11.9. The van der Waals surface area contributed by atoms with Gasteiger partial charge in [-0.3, -0.25) is 14.9 Å². The van der Waals surface area contributed by atoms with E-state index < -0.39 is 10.8 Å². The van der Waals surface area contributed by atoms with E-state index in [1.165, 1.54) is 0 Å². The largest absolute Gasteiger partial charge is 0.351 e. The van der Waals surface area contributed by atoms with Crippen molar-refractivity contribution in [3.05, 3.63) is 33.1 Å². The molecule has 0 spiro atoms. The summed E-state index contributed by atoms with van der Waals surface area (Å²) in [5, 5.41) is 13.3. The number of hydrogen-bond donors (Lipinski definition) is 1. The van der Waals surface area contributed by atoms with E-state index in [0.717, 1.165) is 25.1 Å². The van der Waals surface area contributed by atoms with Gasteiger partial charge in [-0.25, -0.2) is 4.98 Å². The van der Waals surface area contributed by atoms with Crippen LogP contribution in [0, 0.1) is 15.5 Å². The highest BCUT2D eigenvalue weighted by Crippen LogP contribution is 2.44. The molecule has 6 nitrogen and oxygen atoms in total. The average molecular weight is 270 g/mol. The molecule has 0 saturated heterocycles. The second-order valence-electron chi connectivity index (χ2n) is 4.78. The molecule has 1 aliphatic rings. The predicted molar refractivity (Wildman–Crippen MR) is 65.6 cm³/mol. The fraction of sp³-hybridized carbons (Fsp3) is 0.455. The molecule has 0 unspecified atom stereocenters. The Bertz CT molecular complexity index is 514. The number of nitrogens with zero attached hydrogens (tertiary/aromatic N) is 2. The summed E-state index contributed by atoms with van der Waals surface area (Å²) in [4.78, 5) is 25.5. The van der Waals surface area contributed by atoms with Crippen LogP contribution >= 0.6 is 11.6 Å². The first-order valence-electron chi connectivity index (χ1n) is 5.49. The van der Waals surface area contributed by atoms with E-state index in [1.54, 1.807) is 0 Å². The Labute approximate surface area is 109 Å². The number of halogens is 1. The van der Waals surface area contributed by atoms with Crippen molar-refractivity contribution in [3.63, 3.8) is 0 Å². The van der Waals surface area contributed by atoms with Gasteiger partial charge in [0, 0.05) is 12.6 Å². The van der Waals surface area contributed by atoms with Crippen LogP contribution in [-0.4, -0.2) is 22.4 Å². The molecular weight excluding hydrogens is 258 g/mol. The molecule has 0 atom stereocenters. The maximum Gasteiger partial charge on any atom is 0.288 e. The van der Waals surface area contributed by atoms with Crippen molar-refractivity contribution in [1.82, 2.24) is 10.3 Å². The van der Waals surface area contributed by atoms with Crippen molar-refractivity contribution in [2.45, 2.75) is 19.8 Å². The van der Waals surface area contributed by atoms with Gasteiger partial charge in [-0.2, -0.15) is 0 Å². The molecule has 0 radical (unpaired) electrons. The zero-order valence-electron chi connectivity index (χ0n) is 9.77. The molecule has 18 heavy (non-hydrogen) atoms. The van der Waals surface area contributed by atoms with Crippen LogP contribution in [0.1, 0.15) is 30.1 Å². The molecule has 1 aliphatic carbocycles. The van der Waals surface area contributed by atoms with Crippen LogP contribution < -0.4 is 5.32 Å². The Hall–Kier alpha value is -1.69. The van der Waals surface area contributed by atoms with Gasteiger partial charge in [0.15, 0.2) is 0 Å². The van der Waals surface area contributed by atoms with Gasteiger partial charge in [-0.05, 0) is 18.3 Å². The molecule has 1 aromatic rings. The highest BCUT2D eigenvalue weighted by molar-refractivity contribution is 6.32. The molecule has 1 aromatic heterocycles. The van der Waals surface area contributed by atoms with Gasteiger partial charge >= 0.3 is 0 Å². The Morgan fingerprint density at radius 3 is 2.89 bits per heavy atom. The second-order valence-corrected chi connectivity index (χ2v) is 5.14. The molecule has 0 aliphatic heterocycles. The molecule has 1 saturated carbocycles. The summed E-state index contributed by atoms with van der Waals surface area (Å²) in [5.41, 5.74) is -0.0479. The molecule has 0 bridgehead atoms. The van der Waals surface area contributed by atoms with E-state index in [2.05, 4.69) is 17.2 Å². The fourth-order valence-electron chi connectivity index (χ4n) is 1.48. The first kappa shape index (κ1) is 12.8. The molecule has 96 valence electrons. The summed E-state index contributed by atoms with van der Waals surface area (Å²) in [5.74, 6) is -0.427. The molecule has 1 amide bonds. The van der Waals surface area contributed by atoms with Crippen molar-refractivity contribution < 1.29 is 9.72 Å². The van der Waals surface area contributed by atoms with Gasteiger partial charge in [-0.1, -0.05) is 18.5 Å². The first-order chi connectivity index (χ1) is 8.41. The van der Waals surface area contributed by atoms with Crippen molar-refractivity contribution in [2.75, 3.05) is 6.54 Å². The topological polar surface area (TPSA) is 85.1 Å². The van der Waals surface area contributed by atoms with Gasteiger partial charge in [0.25, 0.3) is 11.6 Å². The summed E-state index contributed by atoms with van der Waals surface area (Å²) in [7, 11) is 0. The number of carbonyl (C=O) groups excluding carboxylic acids is 1. The Kier molecular flexibility index (Phi) is 3.21. The van der Waals surface area contributed by atoms with Crippen LogP contribution in [0.15, 0.2) is 12.3 Å².